The van der Waals surface area contributed by atoms with Gasteiger partial charge in [0.15, 0.2) is 0 Å². The van der Waals surface area contributed by atoms with Crippen molar-refractivity contribution in [3.05, 3.63) is 58.4 Å². The smallest absolute Gasteiger partial charge is 0.270 e. The standard InChI is InChI=1S/C19H19ClFN7O/c1-2-14-17(27-7-5-16(20)26-19(27)25-14)18(29)23-10-12-3-4-15(13(21)9-12)28-8-6-22-11-24-28/h3-5,7,9,11H,2,6,8,10H2,1H3,(H,22,24)(H,23,29). The number of rotatable bonds is 5. The molecule has 2 N–H and O–H groups in total. The number of aryl methyl sites for hydroxylation is 1. The Bertz CT molecular complexity index is 1100. The van der Waals surface area contributed by atoms with E-state index in [1.54, 1.807) is 40.1 Å². The maximum Gasteiger partial charge on any atom is 0.270 e. The Labute approximate surface area is 171 Å². The number of amides is 1. The quantitative estimate of drug-likeness (QED) is 0.625. The Hall–Kier alpha value is -3.20. The second kappa shape index (κ2) is 8.04. The summed E-state index contributed by atoms with van der Waals surface area (Å²) < 4.78 is 16.1. The first kappa shape index (κ1) is 19.1. The average molecular weight is 416 g/mol. The van der Waals surface area contributed by atoms with Crippen molar-refractivity contribution in [1.29, 1.82) is 0 Å². The minimum absolute atomic E-state index is 0.183. The second-order valence-corrected chi connectivity index (χ2v) is 6.85. The highest BCUT2D eigenvalue weighted by molar-refractivity contribution is 6.29. The highest BCUT2D eigenvalue weighted by atomic mass is 35.5. The van der Waals surface area contributed by atoms with Gasteiger partial charge in [-0.25, -0.2) is 14.4 Å². The first-order valence-electron chi connectivity index (χ1n) is 9.19. The van der Waals surface area contributed by atoms with Crippen LogP contribution in [0.3, 0.4) is 0 Å². The van der Waals surface area contributed by atoms with E-state index in [2.05, 4.69) is 25.7 Å². The molecule has 3 heterocycles. The van der Waals surface area contributed by atoms with Gasteiger partial charge in [-0.2, -0.15) is 0 Å². The van der Waals surface area contributed by atoms with Crippen LogP contribution in [0.4, 0.5) is 10.1 Å². The summed E-state index contributed by atoms with van der Waals surface area (Å²) in [5.74, 6) is -0.313. The number of hydrazine groups is 1. The summed E-state index contributed by atoms with van der Waals surface area (Å²) in [7, 11) is 0. The molecule has 0 aliphatic carbocycles. The summed E-state index contributed by atoms with van der Waals surface area (Å²) in [4.78, 5) is 25.4. The summed E-state index contributed by atoms with van der Waals surface area (Å²) in [6, 6.07) is 6.47. The molecule has 0 saturated heterocycles. The number of fused-ring (bicyclic) bond motifs is 1. The lowest BCUT2D eigenvalue weighted by atomic mass is 10.1. The van der Waals surface area contributed by atoms with E-state index in [-0.39, 0.29) is 18.3 Å². The molecule has 3 aromatic rings. The Morgan fingerprint density at radius 2 is 2.21 bits per heavy atom. The molecule has 10 heteroatoms. The summed E-state index contributed by atoms with van der Waals surface area (Å²) >= 11 is 5.91. The number of aromatic nitrogens is 3. The van der Waals surface area contributed by atoms with Crippen LogP contribution in [0, 0.1) is 5.82 Å². The van der Waals surface area contributed by atoms with E-state index >= 15 is 0 Å². The van der Waals surface area contributed by atoms with Gasteiger partial charge in [-0.1, -0.05) is 24.6 Å². The molecule has 1 aromatic carbocycles. The molecular formula is C19H19ClFN7O. The number of aliphatic imine (C=N–C) groups is 1. The number of benzene rings is 1. The van der Waals surface area contributed by atoms with E-state index in [0.717, 1.165) is 0 Å². The molecule has 0 atom stereocenters. The fourth-order valence-corrected chi connectivity index (χ4v) is 3.31. The van der Waals surface area contributed by atoms with Crippen LogP contribution in [0.15, 0.2) is 35.5 Å². The molecule has 0 radical (unpaired) electrons. The highest BCUT2D eigenvalue weighted by Crippen LogP contribution is 2.20. The van der Waals surface area contributed by atoms with Crippen LogP contribution in [0.1, 0.15) is 28.7 Å². The van der Waals surface area contributed by atoms with Gasteiger partial charge < -0.3 is 5.32 Å². The Balaban J connectivity index is 1.51. The maximum absolute atomic E-state index is 14.5. The van der Waals surface area contributed by atoms with E-state index in [1.807, 2.05) is 6.92 Å². The number of imidazole rings is 1. The van der Waals surface area contributed by atoms with Crippen LogP contribution in [-0.2, 0) is 13.0 Å². The predicted octanol–water partition coefficient (Wildman–Crippen LogP) is 2.37. The molecule has 0 unspecified atom stereocenters. The summed E-state index contributed by atoms with van der Waals surface area (Å²) in [6.45, 7) is 3.27. The van der Waals surface area contributed by atoms with Crippen molar-refractivity contribution < 1.29 is 9.18 Å². The van der Waals surface area contributed by atoms with Crippen molar-refractivity contribution >= 4 is 35.3 Å². The number of hydrogen-bond donors (Lipinski definition) is 2. The molecule has 2 aromatic heterocycles. The van der Waals surface area contributed by atoms with Crippen LogP contribution in [-0.4, -0.2) is 39.7 Å². The minimum atomic E-state index is -0.373. The van der Waals surface area contributed by atoms with E-state index in [0.29, 0.717) is 53.1 Å². The Morgan fingerprint density at radius 1 is 1.34 bits per heavy atom. The van der Waals surface area contributed by atoms with Gasteiger partial charge in [0, 0.05) is 12.7 Å². The lowest BCUT2D eigenvalue weighted by molar-refractivity contribution is 0.0944. The van der Waals surface area contributed by atoms with Crippen LogP contribution in [0.5, 0.6) is 0 Å². The summed E-state index contributed by atoms with van der Waals surface area (Å²) in [5.41, 5.74) is 5.02. The number of carbonyl (C=O) groups is 1. The fourth-order valence-electron chi connectivity index (χ4n) is 3.18. The van der Waals surface area contributed by atoms with Gasteiger partial charge in [0.05, 0.1) is 24.5 Å². The molecule has 0 fully saturated rings. The van der Waals surface area contributed by atoms with E-state index in [1.165, 1.54) is 6.07 Å². The molecule has 0 spiro atoms. The van der Waals surface area contributed by atoms with Crippen molar-refractivity contribution in [3.8, 4) is 0 Å². The topological polar surface area (TPSA) is 86.9 Å². The third-order valence-corrected chi connectivity index (χ3v) is 4.81. The molecule has 1 aliphatic rings. The molecule has 1 aliphatic heterocycles. The van der Waals surface area contributed by atoms with Crippen LogP contribution >= 0.6 is 11.6 Å². The highest BCUT2D eigenvalue weighted by Gasteiger charge is 2.19. The number of hydrogen-bond acceptors (Lipinski definition) is 6. The summed E-state index contributed by atoms with van der Waals surface area (Å²) in [6.07, 6.45) is 3.77. The number of anilines is 1. The Morgan fingerprint density at radius 3 is 2.93 bits per heavy atom. The van der Waals surface area contributed by atoms with Crippen molar-refractivity contribution in [2.45, 2.75) is 19.9 Å². The lowest BCUT2D eigenvalue weighted by Gasteiger charge is -2.26. The molecule has 4 rings (SSSR count). The van der Waals surface area contributed by atoms with Crippen molar-refractivity contribution in [2.75, 3.05) is 18.1 Å². The van der Waals surface area contributed by atoms with Gasteiger partial charge in [0.25, 0.3) is 5.91 Å². The minimum Gasteiger partial charge on any atom is -0.347 e. The zero-order valence-corrected chi connectivity index (χ0v) is 16.4. The third kappa shape index (κ3) is 3.86. The molecule has 1 amide bonds. The number of halogens is 2. The second-order valence-electron chi connectivity index (χ2n) is 6.47. The van der Waals surface area contributed by atoms with Gasteiger partial charge in [-0.15, -0.1) is 0 Å². The van der Waals surface area contributed by atoms with Crippen LogP contribution < -0.4 is 15.8 Å². The number of nitrogens with one attached hydrogen (secondary N) is 2. The molecule has 29 heavy (non-hydrogen) atoms. The van der Waals surface area contributed by atoms with Crippen LogP contribution in [0.2, 0.25) is 5.15 Å². The zero-order valence-electron chi connectivity index (χ0n) is 15.7. The summed E-state index contributed by atoms with van der Waals surface area (Å²) in [5, 5.41) is 4.83. The van der Waals surface area contributed by atoms with E-state index in [4.69, 9.17) is 11.6 Å². The Kier molecular flexibility index (Phi) is 5.30. The van der Waals surface area contributed by atoms with Crippen molar-refractivity contribution in [3.63, 3.8) is 0 Å². The molecule has 0 saturated carbocycles. The lowest BCUT2D eigenvalue weighted by Crippen LogP contribution is -2.42. The largest absolute Gasteiger partial charge is 0.347 e. The monoisotopic (exact) mass is 415 g/mol. The van der Waals surface area contributed by atoms with Gasteiger partial charge in [0.2, 0.25) is 5.78 Å². The van der Waals surface area contributed by atoms with E-state index in [9.17, 15) is 9.18 Å². The maximum atomic E-state index is 14.5. The van der Waals surface area contributed by atoms with Gasteiger partial charge in [-0.05, 0) is 30.2 Å². The number of nitrogens with zero attached hydrogens (tertiary/aromatic N) is 5. The number of carbonyl (C=O) groups excluding carboxylic acids is 1. The third-order valence-electron chi connectivity index (χ3n) is 4.60. The molecular weight excluding hydrogens is 397 g/mol. The van der Waals surface area contributed by atoms with Gasteiger partial charge in [-0.3, -0.25) is 24.6 Å². The van der Waals surface area contributed by atoms with Gasteiger partial charge in [0.1, 0.15) is 23.0 Å². The SMILES string of the molecule is CCc1nc2nc(Cl)ccn2c1C(=O)NCc1ccc(N2CCN=CN2)c(F)c1. The molecule has 8 nitrogen and oxygen atoms in total. The molecule has 0 bridgehead atoms. The van der Waals surface area contributed by atoms with Crippen molar-refractivity contribution in [1.82, 2.24) is 25.1 Å². The van der Waals surface area contributed by atoms with Crippen molar-refractivity contribution in [2.24, 2.45) is 4.99 Å². The first-order chi connectivity index (χ1) is 14.1. The van der Waals surface area contributed by atoms with Gasteiger partial charge >= 0.3 is 0 Å². The first-order valence-corrected chi connectivity index (χ1v) is 9.56. The zero-order chi connectivity index (χ0) is 20.4. The fraction of sp³-hybridized carbons (Fsp3) is 0.263. The molecule has 150 valence electrons. The van der Waals surface area contributed by atoms with Crippen LogP contribution in [0.25, 0.3) is 5.78 Å². The van der Waals surface area contributed by atoms with E-state index < -0.39 is 0 Å². The normalized spacial score (nSPS) is 13.6. The predicted molar refractivity (Wildman–Crippen MR) is 109 cm³/mol. The average Bonchev–Trinajstić information content (AvgIpc) is 3.10.